The van der Waals surface area contributed by atoms with Crippen molar-refractivity contribution >= 4 is 50.9 Å². The average molecular weight is 727 g/mol. The highest BCUT2D eigenvalue weighted by Gasteiger charge is 2.42. The maximum atomic E-state index is 14.3. The topological polar surface area (TPSA) is 174 Å². The van der Waals surface area contributed by atoms with Crippen molar-refractivity contribution in [3.63, 3.8) is 0 Å². The lowest BCUT2D eigenvalue weighted by molar-refractivity contribution is -0.141. The van der Waals surface area contributed by atoms with E-state index in [1.807, 2.05) is 41.5 Å². The molecule has 1 aliphatic rings. The Kier molecular flexibility index (Phi) is 13.2. The SMILES string of the molecule is CCCCC1(CCCC)CN(c2ccccc2)c2cc(SC)c(OCC(=O)N[C@@H](C(=O)N[C@@H](C)C(=O)O)c3ccc(O)cc3)cc2S(=O)(=O)N1. The summed E-state index contributed by atoms with van der Waals surface area (Å²) in [5, 5.41) is 23.9. The molecule has 0 spiro atoms. The summed E-state index contributed by atoms with van der Waals surface area (Å²) in [4.78, 5) is 40.4. The Hall–Kier alpha value is -4.27. The number of aromatic hydroxyl groups is 1. The lowest BCUT2D eigenvalue weighted by atomic mass is 9.87. The molecule has 270 valence electrons. The zero-order valence-corrected chi connectivity index (χ0v) is 30.4. The van der Waals surface area contributed by atoms with Gasteiger partial charge >= 0.3 is 5.97 Å². The number of carbonyl (C=O) groups excluding carboxylic acids is 2. The molecule has 0 aromatic heterocycles. The molecular formula is C36H46N4O8S2. The van der Waals surface area contributed by atoms with Gasteiger partial charge < -0.3 is 30.5 Å². The third-order valence-electron chi connectivity index (χ3n) is 8.60. The number of nitrogens with one attached hydrogen (secondary N) is 3. The molecule has 3 aromatic carbocycles. The van der Waals surface area contributed by atoms with E-state index >= 15 is 0 Å². The smallest absolute Gasteiger partial charge is 0.325 e. The number of hydrogen-bond acceptors (Lipinski definition) is 9. The summed E-state index contributed by atoms with van der Waals surface area (Å²) in [7, 11) is -4.07. The summed E-state index contributed by atoms with van der Waals surface area (Å²) < 4.78 is 37.6. The highest BCUT2D eigenvalue weighted by molar-refractivity contribution is 7.98. The summed E-state index contributed by atoms with van der Waals surface area (Å²) in [6.07, 6.45) is 6.69. The van der Waals surface area contributed by atoms with Gasteiger partial charge in [-0.15, -0.1) is 11.8 Å². The first-order valence-electron chi connectivity index (χ1n) is 16.7. The van der Waals surface area contributed by atoms with Gasteiger partial charge in [0.25, 0.3) is 5.91 Å². The van der Waals surface area contributed by atoms with Crippen LogP contribution in [0, 0.1) is 0 Å². The average Bonchev–Trinajstić information content (AvgIpc) is 3.19. The molecule has 1 aliphatic heterocycles. The van der Waals surface area contributed by atoms with Crippen molar-refractivity contribution in [1.82, 2.24) is 15.4 Å². The second-order valence-electron chi connectivity index (χ2n) is 12.4. The van der Waals surface area contributed by atoms with Crippen LogP contribution in [-0.2, 0) is 24.4 Å². The lowest BCUT2D eigenvalue weighted by Gasteiger charge is -2.37. The number of para-hydroxylation sites is 1. The van der Waals surface area contributed by atoms with E-state index in [-0.39, 0.29) is 16.4 Å². The van der Waals surface area contributed by atoms with Crippen molar-refractivity contribution in [3.8, 4) is 11.5 Å². The second-order valence-corrected chi connectivity index (χ2v) is 14.9. The molecule has 2 amide bonds. The Morgan fingerprint density at radius 2 is 1.64 bits per heavy atom. The number of ether oxygens (including phenoxy) is 1. The normalized spacial score (nSPS) is 16.0. The standard InChI is InChI=1S/C36H46N4O8S2/c1-5-7-18-36(19-8-6-2)23-40(26-12-10-9-11-13-26)28-20-30(49-4)29(21-31(28)50(46,47)39-36)48-22-32(42)38-33(25-14-16-27(41)17-15-25)34(43)37-24(3)35(44)45/h9-17,20-21,24,33,39,41H,5-8,18-19,22-23H2,1-4H3,(H,37,43)(H,38,42)(H,44,45)/t24-,33+/m0/s1. The second kappa shape index (κ2) is 17.1. The fourth-order valence-corrected chi connectivity index (χ4v) is 8.12. The monoisotopic (exact) mass is 726 g/mol. The fraction of sp³-hybridized carbons (Fsp3) is 0.417. The van der Waals surface area contributed by atoms with Crippen LogP contribution < -0.4 is 25.0 Å². The Labute approximate surface area is 298 Å². The summed E-state index contributed by atoms with van der Waals surface area (Å²) in [5.74, 6) is -2.63. The van der Waals surface area contributed by atoms with Gasteiger partial charge in [0.2, 0.25) is 15.9 Å². The molecule has 2 atom stereocenters. The Balaban J connectivity index is 1.69. The summed E-state index contributed by atoms with van der Waals surface area (Å²) in [6, 6.07) is 15.9. The van der Waals surface area contributed by atoms with Crippen LogP contribution >= 0.6 is 11.8 Å². The number of amides is 2. The number of aliphatic carboxylic acids is 1. The molecule has 4 rings (SSSR count). The Morgan fingerprint density at radius 3 is 2.22 bits per heavy atom. The van der Waals surface area contributed by atoms with Crippen molar-refractivity contribution < 1.29 is 37.8 Å². The minimum absolute atomic E-state index is 0.0217. The largest absolute Gasteiger partial charge is 0.508 e. The van der Waals surface area contributed by atoms with Crippen LogP contribution in [-0.4, -0.2) is 67.4 Å². The number of hydrogen-bond donors (Lipinski definition) is 5. The number of carbonyl (C=O) groups is 3. The number of anilines is 2. The van der Waals surface area contributed by atoms with Crippen molar-refractivity contribution in [2.24, 2.45) is 0 Å². The van der Waals surface area contributed by atoms with Gasteiger partial charge in [-0.3, -0.25) is 14.4 Å². The predicted molar refractivity (Wildman–Crippen MR) is 193 cm³/mol. The molecule has 12 nitrogen and oxygen atoms in total. The fourth-order valence-electron chi connectivity index (χ4n) is 5.91. The maximum Gasteiger partial charge on any atom is 0.325 e. The lowest BCUT2D eigenvalue weighted by Crippen LogP contribution is -2.53. The molecule has 0 aliphatic carbocycles. The van der Waals surface area contributed by atoms with Crippen LogP contribution in [0.3, 0.4) is 0 Å². The van der Waals surface area contributed by atoms with E-state index in [0.29, 0.717) is 35.5 Å². The molecule has 5 N–H and O–H groups in total. The van der Waals surface area contributed by atoms with E-state index < -0.39 is 52.0 Å². The number of rotatable bonds is 16. The third kappa shape index (κ3) is 9.49. The number of fused-ring (bicyclic) bond motifs is 1. The molecule has 0 unspecified atom stereocenters. The van der Waals surface area contributed by atoms with Crippen molar-refractivity contribution in [3.05, 3.63) is 72.3 Å². The minimum Gasteiger partial charge on any atom is -0.508 e. The van der Waals surface area contributed by atoms with E-state index in [1.165, 1.54) is 49.0 Å². The summed E-state index contributed by atoms with van der Waals surface area (Å²) >= 11 is 1.34. The number of carboxylic acid groups (broad SMARTS) is 1. The van der Waals surface area contributed by atoms with Crippen molar-refractivity contribution in [2.75, 3.05) is 24.3 Å². The number of sulfonamides is 1. The third-order valence-corrected chi connectivity index (χ3v) is 11.0. The number of phenols is 1. The number of benzene rings is 3. The summed E-state index contributed by atoms with van der Waals surface area (Å²) in [6.45, 7) is 5.32. The van der Waals surface area contributed by atoms with Gasteiger partial charge in [-0.1, -0.05) is 69.9 Å². The molecule has 0 saturated heterocycles. The van der Waals surface area contributed by atoms with Crippen LogP contribution in [0.2, 0.25) is 0 Å². The number of phenolic OH excluding ortho intramolecular Hbond substituents is 1. The van der Waals surface area contributed by atoms with Crippen LogP contribution in [0.5, 0.6) is 11.5 Å². The first-order valence-corrected chi connectivity index (χ1v) is 19.4. The zero-order valence-electron chi connectivity index (χ0n) is 28.8. The first-order chi connectivity index (χ1) is 23.8. The van der Waals surface area contributed by atoms with Crippen LogP contribution in [0.15, 0.2) is 76.5 Å². The van der Waals surface area contributed by atoms with Gasteiger partial charge in [0.05, 0.1) is 16.1 Å². The van der Waals surface area contributed by atoms with E-state index in [2.05, 4.69) is 29.2 Å². The van der Waals surface area contributed by atoms with Crippen LogP contribution in [0.25, 0.3) is 0 Å². The number of thioether (sulfide) groups is 1. The highest BCUT2D eigenvalue weighted by atomic mass is 32.2. The van der Waals surface area contributed by atoms with E-state index in [9.17, 15) is 33.0 Å². The molecule has 0 saturated carbocycles. The van der Waals surface area contributed by atoms with Gasteiger partial charge in [-0.2, -0.15) is 0 Å². The predicted octanol–water partition coefficient (Wildman–Crippen LogP) is 5.49. The van der Waals surface area contributed by atoms with Gasteiger partial charge in [0.1, 0.15) is 28.5 Å². The molecule has 0 bridgehead atoms. The Morgan fingerprint density at radius 1 is 1.00 bits per heavy atom. The van der Waals surface area contributed by atoms with Crippen molar-refractivity contribution in [2.45, 2.75) is 86.7 Å². The molecule has 0 fully saturated rings. The van der Waals surface area contributed by atoms with E-state index in [1.54, 1.807) is 6.07 Å². The molecule has 1 heterocycles. The summed E-state index contributed by atoms with van der Waals surface area (Å²) in [5.41, 5.74) is 0.924. The van der Waals surface area contributed by atoms with Gasteiger partial charge in [0.15, 0.2) is 6.61 Å². The Bertz CT molecular complexity index is 1750. The highest BCUT2D eigenvalue weighted by Crippen LogP contribution is 2.44. The van der Waals surface area contributed by atoms with Crippen LogP contribution in [0.4, 0.5) is 11.4 Å². The van der Waals surface area contributed by atoms with Crippen LogP contribution in [0.1, 0.15) is 70.9 Å². The molecule has 50 heavy (non-hydrogen) atoms. The molecule has 0 radical (unpaired) electrons. The van der Waals surface area contributed by atoms with E-state index in [4.69, 9.17) is 4.74 Å². The number of unbranched alkanes of at least 4 members (excludes halogenated alkanes) is 2. The zero-order chi connectivity index (χ0) is 36.5. The van der Waals surface area contributed by atoms with Gasteiger partial charge in [-0.05, 0) is 61.9 Å². The van der Waals surface area contributed by atoms with Gasteiger partial charge in [0, 0.05) is 18.3 Å². The maximum absolute atomic E-state index is 14.3. The number of carboxylic acids is 1. The molecule has 3 aromatic rings. The number of nitrogens with zero attached hydrogens (tertiary/aromatic N) is 1. The first kappa shape index (κ1) is 38.5. The minimum atomic E-state index is -4.07. The van der Waals surface area contributed by atoms with Crippen molar-refractivity contribution in [1.29, 1.82) is 0 Å². The molecular weight excluding hydrogens is 681 g/mol. The van der Waals surface area contributed by atoms with Gasteiger partial charge in [-0.25, -0.2) is 13.1 Å². The van der Waals surface area contributed by atoms with E-state index in [0.717, 1.165) is 31.4 Å². The quantitative estimate of drug-likeness (QED) is 0.119. The molecule has 14 heteroatoms.